The summed E-state index contributed by atoms with van der Waals surface area (Å²) >= 11 is 8.52. The van der Waals surface area contributed by atoms with Gasteiger partial charge in [0.05, 0.1) is 10.7 Å². The number of rotatable bonds is 2. The van der Waals surface area contributed by atoms with Crippen LogP contribution >= 0.6 is 34.2 Å². The van der Waals surface area contributed by atoms with E-state index in [9.17, 15) is 0 Å². The standard InChI is InChI=1S/C12H12ClIN4/c13-10-7-9(14)5-6-11(10)18-12(15-16-17-18)8-3-1-2-4-8/h5-8H,1-4H2. The summed E-state index contributed by atoms with van der Waals surface area (Å²) in [7, 11) is 0. The van der Waals surface area contributed by atoms with Gasteiger partial charge in [-0.1, -0.05) is 24.4 Å². The molecular weight excluding hydrogens is 363 g/mol. The summed E-state index contributed by atoms with van der Waals surface area (Å²) in [5.74, 6) is 1.41. The molecule has 18 heavy (non-hydrogen) atoms. The minimum atomic E-state index is 0.468. The lowest BCUT2D eigenvalue weighted by atomic mass is 10.1. The molecule has 0 aliphatic heterocycles. The normalized spacial score (nSPS) is 16.3. The molecule has 2 aromatic rings. The van der Waals surface area contributed by atoms with Crippen LogP contribution in [0.5, 0.6) is 0 Å². The molecule has 1 heterocycles. The summed E-state index contributed by atoms with van der Waals surface area (Å²) in [6.07, 6.45) is 4.86. The van der Waals surface area contributed by atoms with E-state index >= 15 is 0 Å². The zero-order valence-electron chi connectivity index (χ0n) is 9.68. The Hall–Kier alpha value is -0.690. The van der Waals surface area contributed by atoms with Gasteiger partial charge in [-0.05, 0) is 64.1 Å². The summed E-state index contributed by atoms with van der Waals surface area (Å²) < 4.78 is 2.89. The van der Waals surface area contributed by atoms with Crippen LogP contribution in [0.15, 0.2) is 18.2 Å². The van der Waals surface area contributed by atoms with Crippen molar-refractivity contribution in [3.63, 3.8) is 0 Å². The van der Waals surface area contributed by atoms with Crippen LogP contribution < -0.4 is 0 Å². The van der Waals surface area contributed by atoms with Gasteiger partial charge in [0.15, 0.2) is 5.82 Å². The lowest BCUT2D eigenvalue weighted by Gasteiger charge is -2.10. The maximum absolute atomic E-state index is 6.28. The maximum Gasteiger partial charge on any atom is 0.159 e. The highest BCUT2D eigenvalue weighted by Gasteiger charge is 2.24. The molecule has 0 N–H and O–H groups in total. The average Bonchev–Trinajstić information content (AvgIpc) is 2.98. The number of tetrazole rings is 1. The molecule has 0 radical (unpaired) electrons. The minimum absolute atomic E-state index is 0.468. The molecule has 0 bridgehead atoms. The monoisotopic (exact) mass is 374 g/mol. The quantitative estimate of drug-likeness (QED) is 0.755. The van der Waals surface area contributed by atoms with Crippen molar-refractivity contribution < 1.29 is 0 Å². The molecule has 0 amide bonds. The van der Waals surface area contributed by atoms with Gasteiger partial charge in [0, 0.05) is 9.49 Å². The number of hydrogen-bond acceptors (Lipinski definition) is 3. The third-order valence-corrected chi connectivity index (χ3v) is 4.33. The Morgan fingerprint density at radius 3 is 2.78 bits per heavy atom. The molecule has 3 rings (SSSR count). The molecule has 1 fully saturated rings. The maximum atomic E-state index is 6.28. The summed E-state index contributed by atoms with van der Waals surface area (Å²) in [5, 5.41) is 12.8. The van der Waals surface area contributed by atoms with Gasteiger partial charge in [0.1, 0.15) is 0 Å². The van der Waals surface area contributed by atoms with Gasteiger partial charge in [-0.15, -0.1) is 5.10 Å². The minimum Gasteiger partial charge on any atom is -0.196 e. The van der Waals surface area contributed by atoms with E-state index in [2.05, 4.69) is 38.1 Å². The van der Waals surface area contributed by atoms with Crippen LogP contribution in [0.1, 0.15) is 37.4 Å². The molecule has 0 atom stereocenters. The molecule has 4 nitrogen and oxygen atoms in total. The van der Waals surface area contributed by atoms with Crippen molar-refractivity contribution in [1.29, 1.82) is 0 Å². The van der Waals surface area contributed by atoms with E-state index in [1.54, 1.807) is 4.68 Å². The highest BCUT2D eigenvalue weighted by molar-refractivity contribution is 14.1. The van der Waals surface area contributed by atoms with Crippen molar-refractivity contribution in [2.45, 2.75) is 31.6 Å². The smallest absolute Gasteiger partial charge is 0.159 e. The molecule has 0 spiro atoms. The summed E-state index contributed by atoms with van der Waals surface area (Å²) in [4.78, 5) is 0. The van der Waals surface area contributed by atoms with E-state index in [1.165, 1.54) is 25.7 Å². The van der Waals surface area contributed by atoms with Gasteiger partial charge in [-0.25, -0.2) is 0 Å². The Labute approximate surface area is 124 Å². The molecular formula is C12H12ClIN4. The van der Waals surface area contributed by atoms with Crippen molar-refractivity contribution in [1.82, 2.24) is 20.2 Å². The van der Waals surface area contributed by atoms with Crippen molar-refractivity contribution in [2.24, 2.45) is 0 Å². The number of halogens is 2. The van der Waals surface area contributed by atoms with Crippen LogP contribution in [0.3, 0.4) is 0 Å². The number of aromatic nitrogens is 4. The highest BCUT2D eigenvalue weighted by Crippen LogP contribution is 2.34. The molecule has 0 saturated heterocycles. The summed E-state index contributed by atoms with van der Waals surface area (Å²) in [6, 6.07) is 5.92. The van der Waals surface area contributed by atoms with Gasteiger partial charge < -0.3 is 0 Å². The zero-order chi connectivity index (χ0) is 12.5. The van der Waals surface area contributed by atoms with Crippen LogP contribution in [-0.4, -0.2) is 20.2 Å². The van der Waals surface area contributed by atoms with E-state index in [0.29, 0.717) is 10.9 Å². The fourth-order valence-electron chi connectivity index (χ4n) is 2.46. The zero-order valence-corrected chi connectivity index (χ0v) is 12.6. The van der Waals surface area contributed by atoms with E-state index in [1.807, 2.05) is 18.2 Å². The molecule has 1 aliphatic carbocycles. The Morgan fingerprint density at radius 2 is 2.06 bits per heavy atom. The van der Waals surface area contributed by atoms with Crippen LogP contribution in [-0.2, 0) is 0 Å². The second kappa shape index (κ2) is 5.13. The first-order valence-electron chi connectivity index (χ1n) is 5.99. The van der Waals surface area contributed by atoms with Crippen LogP contribution in [0.4, 0.5) is 0 Å². The summed E-state index contributed by atoms with van der Waals surface area (Å²) in [5.41, 5.74) is 0.865. The Balaban J connectivity index is 2.03. The van der Waals surface area contributed by atoms with E-state index in [4.69, 9.17) is 11.6 Å². The largest absolute Gasteiger partial charge is 0.196 e. The van der Waals surface area contributed by atoms with Gasteiger partial charge in [0.25, 0.3) is 0 Å². The predicted octanol–water partition coefficient (Wildman–Crippen LogP) is 3.58. The second-order valence-electron chi connectivity index (χ2n) is 4.53. The van der Waals surface area contributed by atoms with Crippen molar-refractivity contribution >= 4 is 34.2 Å². The lowest BCUT2D eigenvalue weighted by molar-refractivity contribution is 0.636. The SMILES string of the molecule is Clc1cc(I)ccc1-n1nnnc1C1CCCC1. The molecule has 94 valence electrons. The fraction of sp³-hybridized carbons (Fsp3) is 0.417. The predicted molar refractivity (Wildman–Crippen MR) is 78.1 cm³/mol. The third kappa shape index (κ3) is 2.25. The molecule has 0 unspecified atom stereocenters. The topological polar surface area (TPSA) is 43.6 Å². The van der Waals surface area contributed by atoms with Crippen LogP contribution in [0.25, 0.3) is 5.69 Å². The fourth-order valence-corrected chi connectivity index (χ4v) is 3.39. The second-order valence-corrected chi connectivity index (χ2v) is 6.18. The first-order chi connectivity index (χ1) is 8.75. The van der Waals surface area contributed by atoms with Gasteiger partial charge in [-0.2, -0.15) is 4.68 Å². The van der Waals surface area contributed by atoms with Crippen molar-refractivity contribution in [3.8, 4) is 5.69 Å². The Kier molecular flexibility index (Phi) is 3.52. The third-order valence-electron chi connectivity index (χ3n) is 3.35. The summed E-state index contributed by atoms with van der Waals surface area (Å²) in [6.45, 7) is 0. The van der Waals surface area contributed by atoms with Crippen molar-refractivity contribution in [3.05, 3.63) is 32.6 Å². The van der Waals surface area contributed by atoms with Gasteiger partial charge in [-0.3, -0.25) is 0 Å². The molecule has 1 aromatic heterocycles. The van der Waals surface area contributed by atoms with E-state index < -0.39 is 0 Å². The molecule has 6 heteroatoms. The van der Waals surface area contributed by atoms with Crippen LogP contribution in [0.2, 0.25) is 5.02 Å². The molecule has 1 aromatic carbocycles. The number of nitrogens with zero attached hydrogens (tertiary/aromatic N) is 4. The Morgan fingerprint density at radius 1 is 1.28 bits per heavy atom. The average molecular weight is 375 g/mol. The highest BCUT2D eigenvalue weighted by atomic mass is 127. The van der Waals surface area contributed by atoms with Gasteiger partial charge in [0.2, 0.25) is 0 Å². The van der Waals surface area contributed by atoms with Crippen molar-refractivity contribution in [2.75, 3.05) is 0 Å². The molecule has 1 aliphatic rings. The van der Waals surface area contributed by atoms with E-state index in [0.717, 1.165) is 15.1 Å². The number of hydrogen-bond donors (Lipinski definition) is 0. The molecule has 1 saturated carbocycles. The van der Waals surface area contributed by atoms with Crippen LogP contribution in [0, 0.1) is 3.57 Å². The van der Waals surface area contributed by atoms with E-state index in [-0.39, 0.29) is 0 Å². The first-order valence-corrected chi connectivity index (χ1v) is 7.45. The lowest BCUT2D eigenvalue weighted by Crippen LogP contribution is -2.07. The number of benzene rings is 1. The first kappa shape index (κ1) is 12.3. The van der Waals surface area contributed by atoms with Gasteiger partial charge >= 0.3 is 0 Å². The Bertz CT molecular complexity index is 563.